The van der Waals surface area contributed by atoms with Crippen LogP contribution in [0, 0.1) is 0 Å². The molecule has 0 atom stereocenters. The van der Waals surface area contributed by atoms with Crippen molar-refractivity contribution in [3.05, 3.63) is 33.3 Å². The van der Waals surface area contributed by atoms with Crippen molar-refractivity contribution >= 4 is 33.5 Å². The fourth-order valence-corrected chi connectivity index (χ4v) is 2.20. The number of aromatic nitrogens is 4. The lowest BCUT2D eigenvalue weighted by Gasteiger charge is -2.00. The van der Waals surface area contributed by atoms with Crippen molar-refractivity contribution in [2.24, 2.45) is 0 Å². The zero-order chi connectivity index (χ0) is 11.5. The van der Waals surface area contributed by atoms with Gasteiger partial charge in [-0.2, -0.15) is 0 Å². The van der Waals surface area contributed by atoms with Gasteiger partial charge in [-0.05, 0) is 27.7 Å². The first-order chi connectivity index (χ1) is 7.63. The van der Waals surface area contributed by atoms with E-state index in [9.17, 15) is 4.79 Å². The molecule has 2 heterocycles. The minimum absolute atomic E-state index is 0.222. The second kappa shape index (κ2) is 4.62. The molecule has 0 aliphatic rings. The Bertz CT molecular complexity index is 552. The maximum Gasteiger partial charge on any atom is 0.251 e. The lowest BCUT2D eigenvalue weighted by atomic mass is 10.6. The first-order valence-electron chi connectivity index (χ1n) is 4.17. The number of nitrogen functional groups attached to an aromatic ring is 1. The Balaban J connectivity index is 2.30. The summed E-state index contributed by atoms with van der Waals surface area (Å²) in [6.07, 6.45) is 1.42. The van der Waals surface area contributed by atoms with E-state index in [4.69, 9.17) is 5.73 Å². The molecule has 2 aromatic rings. The van der Waals surface area contributed by atoms with Gasteiger partial charge in [0.25, 0.3) is 5.56 Å². The summed E-state index contributed by atoms with van der Waals surface area (Å²) in [6, 6.07) is 2.92. The third kappa shape index (κ3) is 2.80. The minimum atomic E-state index is -0.222. The van der Waals surface area contributed by atoms with Gasteiger partial charge >= 0.3 is 0 Å². The van der Waals surface area contributed by atoms with Crippen LogP contribution < -0.4 is 11.3 Å². The molecule has 0 bridgehead atoms. The predicted molar refractivity (Wildman–Crippen MR) is 63.1 cm³/mol. The summed E-state index contributed by atoms with van der Waals surface area (Å²) < 4.78 is 0.584. The maximum absolute atomic E-state index is 11.0. The van der Waals surface area contributed by atoms with Gasteiger partial charge in [0.15, 0.2) is 10.3 Å². The van der Waals surface area contributed by atoms with Crippen molar-refractivity contribution in [1.82, 2.24) is 19.9 Å². The summed E-state index contributed by atoms with van der Waals surface area (Å²) >= 11 is 4.34. The highest BCUT2D eigenvalue weighted by atomic mass is 79.9. The van der Waals surface area contributed by atoms with Gasteiger partial charge in [0.05, 0.1) is 0 Å². The fraction of sp³-hybridized carbons (Fsp3) is 0. The maximum atomic E-state index is 11.0. The van der Waals surface area contributed by atoms with Crippen LogP contribution in [-0.2, 0) is 0 Å². The average Bonchev–Trinajstić information content (AvgIpc) is 2.15. The Morgan fingerprint density at radius 1 is 1.44 bits per heavy atom. The first-order valence-corrected chi connectivity index (χ1v) is 5.78. The third-order valence-corrected chi connectivity index (χ3v) is 2.70. The zero-order valence-electron chi connectivity index (χ0n) is 7.85. The Hall–Kier alpha value is -1.41. The second-order valence-corrected chi connectivity index (χ2v) is 4.51. The van der Waals surface area contributed by atoms with Gasteiger partial charge in [0.1, 0.15) is 10.4 Å². The van der Waals surface area contributed by atoms with Gasteiger partial charge in [0, 0.05) is 18.3 Å². The van der Waals surface area contributed by atoms with E-state index in [0.29, 0.717) is 20.7 Å². The van der Waals surface area contributed by atoms with Crippen LogP contribution in [0.4, 0.5) is 5.82 Å². The molecule has 0 spiro atoms. The van der Waals surface area contributed by atoms with Gasteiger partial charge in [0.2, 0.25) is 0 Å². The van der Waals surface area contributed by atoms with Gasteiger partial charge in [-0.25, -0.2) is 15.0 Å². The van der Waals surface area contributed by atoms with Gasteiger partial charge in [-0.15, -0.1) is 0 Å². The molecule has 0 fully saturated rings. The number of rotatable bonds is 2. The molecule has 16 heavy (non-hydrogen) atoms. The number of H-pyrrole nitrogens is 1. The summed E-state index contributed by atoms with van der Waals surface area (Å²) in [5, 5.41) is 0.839. The van der Waals surface area contributed by atoms with E-state index in [0.717, 1.165) is 11.8 Å². The molecular weight excluding hydrogens is 294 g/mol. The SMILES string of the molecule is Nc1cc(Br)nc(Sc2nccc(=O)[nH]2)n1. The number of nitrogens with two attached hydrogens (primary N) is 1. The summed E-state index contributed by atoms with van der Waals surface area (Å²) in [4.78, 5) is 25.6. The highest BCUT2D eigenvalue weighted by Crippen LogP contribution is 2.22. The smallest absolute Gasteiger partial charge is 0.251 e. The van der Waals surface area contributed by atoms with Crippen molar-refractivity contribution in [1.29, 1.82) is 0 Å². The normalized spacial score (nSPS) is 10.3. The molecule has 3 N–H and O–H groups in total. The number of hydrogen-bond acceptors (Lipinski definition) is 6. The lowest BCUT2D eigenvalue weighted by Crippen LogP contribution is -2.05. The van der Waals surface area contributed by atoms with Crippen LogP contribution in [0.15, 0.2) is 38.0 Å². The van der Waals surface area contributed by atoms with E-state index in [1.165, 1.54) is 12.3 Å². The van der Waals surface area contributed by atoms with Crippen molar-refractivity contribution in [2.45, 2.75) is 10.3 Å². The van der Waals surface area contributed by atoms with E-state index >= 15 is 0 Å². The van der Waals surface area contributed by atoms with Crippen LogP contribution in [0.3, 0.4) is 0 Å². The van der Waals surface area contributed by atoms with Gasteiger partial charge < -0.3 is 10.7 Å². The van der Waals surface area contributed by atoms with Crippen molar-refractivity contribution in [3.63, 3.8) is 0 Å². The van der Waals surface area contributed by atoms with E-state index in [-0.39, 0.29) is 5.56 Å². The summed E-state index contributed by atoms with van der Waals surface area (Å²) in [6.45, 7) is 0. The largest absolute Gasteiger partial charge is 0.384 e. The van der Waals surface area contributed by atoms with E-state index in [1.807, 2.05) is 0 Å². The molecule has 0 aromatic carbocycles. The Labute approximate surface area is 103 Å². The monoisotopic (exact) mass is 299 g/mol. The quantitative estimate of drug-likeness (QED) is 0.635. The molecule has 0 aliphatic carbocycles. The number of hydrogen-bond donors (Lipinski definition) is 2. The van der Waals surface area contributed by atoms with Crippen LogP contribution in [0.2, 0.25) is 0 Å². The molecule has 8 heteroatoms. The fourth-order valence-electron chi connectivity index (χ4n) is 0.949. The Kier molecular flexibility index (Phi) is 3.20. The van der Waals surface area contributed by atoms with E-state index in [2.05, 4.69) is 35.9 Å². The summed E-state index contributed by atoms with van der Waals surface area (Å²) in [5.74, 6) is 0.350. The van der Waals surface area contributed by atoms with Crippen LogP contribution in [-0.4, -0.2) is 19.9 Å². The molecule has 2 aromatic heterocycles. The Morgan fingerprint density at radius 2 is 2.25 bits per heavy atom. The molecule has 2 rings (SSSR count). The van der Waals surface area contributed by atoms with Crippen LogP contribution >= 0.6 is 27.7 Å². The summed E-state index contributed by atoms with van der Waals surface area (Å²) in [5.41, 5.74) is 5.33. The molecule has 0 radical (unpaired) electrons. The highest BCUT2D eigenvalue weighted by molar-refractivity contribution is 9.10. The van der Waals surface area contributed by atoms with E-state index in [1.54, 1.807) is 6.07 Å². The molecule has 0 aliphatic heterocycles. The van der Waals surface area contributed by atoms with Gasteiger partial charge in [-0.3, -0.25) is 4.79 Å². The number of halogens is 1. The van der Waals surface area contributed by atoms with E-state index < -0.39 is 0 Å². The number of nitrogens with zero attached hydrogens (tertiary/aromatic N) is 3. The number of anilines is 1. The Morgan fingerprint density at radius 3 is 2.94 bits per heavy atom. The minimum Gasteiger partial charge on any atom is -0.384 e. The molecule has 6 nitrogen and oxygen atoms in total. The molecule has 82 valence electrons. The number of nitrogens with one attached hydrogen (secondary N) is 1. The van der Waals surface area contributed by atoms with Crippen molar-refractivity contribution in [2.75, 3.05) is 5.73 Å². The highest BCUT2D eigenvalue weighted by Gasteiger charge is 2.04. The zero-order valence-corrected chi connectivity index (χ0v) is 10.2. The van der Waals surface area contributed by atoms with Crippen LogP contribution in [0.1, 0.15) is 0 Å². The van der Waals surface area contributed by atoms with Gasteiger partial charge in [-0.1, -0.05) is 0 Å². The predicted octanol–water partition coefficient (Wildman–Crippen LogP) is 1.06. The van der Waals surface area contributed by atoms with Crippen molar-refractivity contribution in [3.8, 4) is 0 Å². The standard InChI is InChI=1S/C8H6BrN5OS/c9-4-3-5(10)13-8(12-4)16-7-11-2-1-6(15)14-7/h1-3H,(H2,10,12,13)(H,11,14,15). The average molecular weight is 300 g/mol. The first kappa shape index (κ1) is 11.1. The topological polar surface area (TPSA) is 97.5 Å². The molecule has 0 unspecified atom stereocenters. The second-order valence-electron chi connectivity index (χ2n) is 2.74. The molecule has 0 saturated heterocycles. The molecule has 0 amide bonds. The van der Waals surface area contributed by atoms with Crippen molar-refractivity contribution < 1.29 is 0 Å². The van der Waals surface area contributed by atoms with Crippen LogP contribution in [0.5, 0.6) is 0 Å². The lowest BCUT2D eigenvalue weighted by molar-refractivity contribution is 0.907. The van der Waals surface area contributed by atoms with Crippen LogP contribution in [0.25, 0.3) is 0 Å². The molecule has 0 saturated carbocycles. The summed E-state index contributed by atoms with van der Waals surface area (Å²) in [7, 11) is 0. The third-order valence-electron chi connectivity index (χ3n) is 1.53. The number of aromatic amines is 1. The molecular formula is C8H6BrN5OS.